The Kier molecular flexibility index (Phi) is 47.9. The van der Waals surface area contributed by atoms with E-state index in [0.29, 0.717) is 71.1 Å². The Morgan fingerprint density at radius 2 is 0.503 bits per heavy atom. The van der Waals surface area contributed by atoms with Crippen LogP contribution in [-0.4, -0.2) is 79.2 Å². The van der Waals surface area contributed by atoms with Gasteiger partial charge in [-0.2, -0.15) is 0 Å². The largest absolute Gasteiger partial charge is 0.489 e. The van der Waals surface area contributed by atoms with Crippen LogP contribution in [0.25, 0.3) is 0 Å². The van der Waals surface area contributed by atoms with E-state index in [0.717, 1.165) is 126 Å². The van der Waals surface area contributed by atoms with Gasteiger partial charge in [-0.1, -0.05) is 160 Å². The van der Waals surface area contributed by atoms with E-state index in [1.165, 1.54) is 138 Å². The van der Waals surface area contributed by atoms with Crippen LogP contribution < -0.4 is 60.3 Å². The molecule has 0 aromatic heterocycles. The molecule has 0 saturated heterocycles. The molecule has 0 fully saturated rings. The van der Waals surface area contributed by atoms with E-state index in [1.807, 2.05) is 119 Å². The number of amides is 6. The summed E-state index contributed by atoms with van der Waals surface area (Å²) in [5, 5.41) is 16.6. The summed E-state index contributed by atoms with van der Waals surface area (Å²) in [6, 6.07) is 59.6. The molecule has 0 atom stereocenters. The Balaban J connectivity index is 0.000000233. The zero-order chi connectivity index (χ0) is 105. The first-order valence-electron chi connectivity index (χ1n) is 47.1. The van der Waals surface area contributed by atoms with Gasteiger partial charge >= 0.3 is 36.6 Å². The van der Waals surface area contributed by atoms with E-state index in [9.17, 15) is 33.2 Å². The van der Waals surface area contributed by atoms with Gasteiger partial charge < -0.3 is 56.8 Å². The fourth-order valence-electron chi connectivity index (χ4n) is 14.5. The molecule has 143 heavy (non-hydrogen) atoms. The van der Waals surface area contributed by atoms with Crippen LogP contribution in [0.2, 0.25) is 5.02 Å². The van der Waals surface area contributed by atoms with Crippen LogP contribution in [0.15, 0.2) is 193 Å². The van der Waals surface area contributed by atoms with Gasteiger partial charge in [0.05, 0.1) is 76.8 Å². The number of ether oxygens (including phenoxy) is 12. The molecule has 12 rings (SSSR count). The van der Waals surface area contributed by atoms with Crippen LogP contribution in [0, 0.1) is 99.4 Å². The van der Waals surface area contributed by atoms with Crippen molar-refractivity contribution in [1.82, 2.24) is 0 Å². The number of nitrogens with one attached hydrogen (secondary N) is 6. The van der Waals surface area contributed by atoms with E-state index in [2.05, 4.69) is 263 Å². The number of rotatable bonds is 30. The van der Waals surface area contributed by atoms with Gasteiger partial charge in [-0.3, -0.25) is 31.9 Å². The van der Waals surface area contributed by atoms with Gasteiger partial charge in [-0.05, 0) is 354 Å². The lowest BCUT2D eigenvalue weighted by Gasteiger charge is -2.17. The standard InChI is InChI=1S/C20H25NO3.C19H22BrNO3.C19H22ClNO3.C19H22FNO3.C19H22INO3.C19H23NO3/c1-6-16-10-14(3)15(4)11-19(16)24-12-17-13(2)8-7-9-18(17)21-20(22)23-5;4*1-5-14-9-12(2)13(3)10-18(14)24-11-15-16(20)7-6-8-17(15)21-19(22)23-4;1-5-15-10-13(2)14(3)11-18(15)23-12-16-8-6-7-9-17(16)20-19(21)22-4/h7-11H,6,12H2,1-5H3,(H,21,22);4*6-10H,5,11H2,1-4H3,(H,21,22);6-11H,5,12H2,1-4H3,(H,20,21). The molecule has 0 aliphatic heterocycles. The smallest absolute Gasteiger partial charge is 0.411 e. The van der Waals surface area contributed by atoms with Gasteiger partial charge in [0.2, 0.25) is 0 Å². The highest BCUT2D eigenvalue weighted by atomic mass is 127. The molecule has 12 aromatic carbocycles. The molecule has 0 aliphatic carbocycles. The predicted molar refractivity (Wildman–Crippen MR) is 583 cm³/mol. The van der Waals surface area contributed by atoms with E-state index >= 15 is 0 Å². The molecule has 6 amide bonds. The highest BCUT2D eigenvalue weighted by Gasteiger charge is 2.22. The summed E-state index contributed by atoms with van der Waals surface area (Å²) in [7, 11) is 7.96. The van der Waals surface area contributed by atoms with E-state index in [1.54, 1.807) is 24.3 Å². The topological polar surface area (TPSA) is 285 Å². The van der Waals surface area contributed by atoms with E-state index in [4.69, 9.17) is 40.0 Å². The van der Waals surface area contributed by atoms with Crippen molar-refractivity contribution in [3.63, 3.8) is 0 Å². The number of anilines is 6. The molecule has 12 aromatic rings. The van der Waals surface area contributed by atoms with Gasteiger partial charge in [-0.15, -0.1) is 0 Å². The lowest BCUT2D eigenvalue weighted by molar-refractivity contribution is 0.186. The maximum Gasteiger partial charge on any atom is 0.411 e. The van der Waals surface area contributed by atoms with Crippen molar-refractivity contribution in [2.45, 2.75) is 210 Å². The zero-order valence-corrected chi connectivity index (χ0v) is 91.2. The lowest BCUT2D eigenvalue weighted by Crippen LogP contribution is -2.14. The van der Waals surface area contributed by atoms with Crippen molar-refractivity contribution in [3.05, 3.63) is 346 Å². The summed E-state index contributed by atoms with van der Waals surface area (Å²) in [5.41, 5.74) is 30.9. The minimum Gasteiger partial charge on any atom is -0.489 e. The van der Waals surface area contributed by atoms with Gasteiger partial charge in [-0.25, -0.2) is 33.2 Å². The molecule has 6 N–H and O–H groups in total. The normalized spacial score (nSPS) is 10.4. The molecular weight excluding hydrogens is 2010 g/mol. The van der Waals surface area contributed by atoms with Gasteiger partial charge in [0.15, 0.2) is 0 Å². The minimum absolute atomic E-state index is 0.0154. The Hall–Kier alpha value is -13.5. The van der Waals surface area contributed by atoms with Crippen molar-refractivity contribution >= 4 is 121 Å². The molecule has 0 spiro atoms. The Bertz CT molecular complexity index is 5630. The summed E-state index contributed by atoms with van der Waals surface area (Å²) in [4.78, 5) is 68.9. The number of methoxy groups -OCH3 is 6. The summed E-state index contributed by atoms with van der Waals surface area (Å²) in [5.74, 6) is 4.68. The molecular formula is C115H136BrClFIN6O18. The highest BCUT2D eigenvalue weighted by molar-refractivity contribution is 14.1. The van der Waals surface area contributed by atoms with Crippen LogP contribution in [0.5, 0.6) is 34.5 Å². The van der Waals surface area contributed by atoms with Crippen LogP contribution in [0.4, 0.5) is 67.3 Å². The molecule has 0 radical (unpaired) electrons. The molecule has 0 heterocycles. The van der Waals surface area contributed by atoms with Crippen molar-refractivity contribution < 1.29 is 90.0 Å². The first-order chi connectivity index (χ1) is 68.3. The van der Waals surface area contributed by atoms with Crippen molar-refractivity contribution in [2.24, 2.45) is 0 Å². The Morgan fingerprint density at radius 1 is 0.266 bits per heavy atom. The molecule has 0 aliphatic rings. The van der Waals surface area contributed by atoms with Crippen molar-refractivity contribution in [2.75, 3.05) is 74.6 Å². The first kappa shape index (κ1) is 116. The first-order valence-corrected chi connectivity index (χ1v) is 49.3. The third-order valence-corrected chi connectivity index (χ3v) is 26.1. The number of aryl methyl sites for hydroxylation is 19. The number of benzene rings is 12. The summed E-state index contributed by atoms with van der Waals surface area (Å²) >= 11 is 12.0. The summed E-state index contributed by atoms with van der Waals surface area (Å²) < 4.78 is 80.1. The maximum absolute atomic E-state index is 14.2. The van der Waals surface area contributed by atoms with Crippen LogP contribution in [0.1, 0.15) is 181 Å². The monoisotopic (exact) mass is 2150 g/mol. The Morgan fingerprint density at radius 3 is 0.846 bits per heavy atom. The zero-order valence-electron chi connectivity index (χ0n) is 86.7. The minimum atomic E-state index is -0.651. The second kappa shape index (κ2) is 58.8. The summed E-state index contributed by atoms with van der Waals surface area (Å²) in [6.07, 6.45) is 2.19. The van der Waals surface area contributed by atoms with Crippen molar-refractivity contribution in [1.29, 1.82) is 0 Å². The molecule has 0 bridgehead atoms. The SMILES string of the molecule is CCc1cc(C)c(C)cc1OCc1c(Br)cccc1NC(=O)OC.CCc1cc(C)c(C)cc1OCc1c(C)cccc1NC(=O)OC.CCc1cc(C)c(C)cc1OCc1c(Cl)cccc1NC(=O)OC.CCc1cc(C)c(C)cc1OCc1c(F)cccc1NC(=O)OC.CCc1cc(C)c(C)cc1OCc1c(I)cccc1NC(=O)OC.CCc1cc(C)c(C)cc1OCc1ccccc1NC(=O)OC. The third-order valence-electron chi connectivity index (χ3n) is 24.0. The van der Waals surface area contributed by atoms with Gasteiger partial charge in [0.25, 0.3) is 0 Å². The Labute approximate surface area is 869 Å². The van der Waals surface area contributed by atoms with E-state index in [-0.39, 0.29) is 18.8 Å². The number of para-hydroxylation sites is 1. The fourth-order valence-corrected chi connectivity index (χ4v) is 15.9. The molecule has 0 unspecified atom stereocenters. The maximum atomic E-state index is 14.2. The number of halogens is 4. The quantitative estimate of drug-likeness (QED) is 0.0180. The van der Waals surface area contributed by atoms with Crippen LogP contribution in [0.3, 0.4) is 0 Å². The molecule has 762 valence electrons. The average Bonchev–Trinajstić information content (AvgIpc) is 0.835. The number of hydrogen-bond donors (Lipinski definition) is 6. The average molecular weight is 2150 g/mol. The number of carbonyl (C=O) groups is 6. The van der Waals surface area contributed by atoms with Crippen LogP contribution in [-0.2, 0) is 107 Å². The molecule has 0 saturated carbocycles. The molecule has 24 nitrogen and oxygen atoms in total. The second-order valence-electron chi connectivity index (χ2n) is 33.6. The fraction of sp³-hybridized carbons (Fsp3) is 0.322. The lowest BCUT2D eigenvalue weighted by atomic mass is 10.0. The number of carbonyl (C=O) groups excluding carboxylic acids is 6. The summed E-state index contributed by atoms with van der Waals surface area (Å²) in [6.45, 7) is 41.3. The highest BCUT2D eigenvalue weighted by Crippen LogP contribution is 2.37. The molecule has 28 heteroatoms. The second-order valence-corrected chi connectivity index (χ2v) is 36.1. The number of hydrogen-bond acceptors (Lipinski definition) is 18. The van der Waals surface area contributed by atoms with Gasteiger partial charge in [0.1, 0.15) is 80.0 Å². The van der Waals surface area contributed by atoms with Crippen molar-refractivity contribution in [3.8, 4) is 34.5 Å². The predicted octanol–water partition coefficient (Wildman–Crippen LogP) is 30.2. The van der Waals surface area contributed by atoms with Crippen LogP contribution >= 0.6 is 50.1 Å². The van der Waals surface area contributed by atoms with Gasteiger partial charge in [0, 0.05) is 46.4 Å². The van der Waals surface area contributed by atoms with E-state index < -0.39 is 42.4 Å². The third kappa shape index (κ3) is 35.3.